The standard InChI is InChI=1S/C14H17NO4/c16-13(15-7-5-14(17)18)9-12-11-4-2-1-3-10(11)6-8-19-12/h1-4,12H,5-9H2,(H,15,16)(H,17,18). The van der Waals surface area contributed by atoms with Crippen LogP contribution < -0.4 is 5.32 Å². The van der Waals surface area contributed by atoms with E-state index < -0.39 is 5.97 Å². The first-order valence-corrected chi connectivity index (χ1v) is 6.34. The van der Waals surface area contributed by atoms with E-state index in [4.69, 9.17) is 9.84 Å². The molecule has 1 atom stereocenters. The molecule has 19 heavy (non-hydrogen) atoms. The van der Waals surface area contributed by atoms with Gasteiger partial charge in [0, 0.05) is 6.54 Å². The first-order valence-electron chi connectivity index (χ1n) is 6.34. The molecule has 1 aromatic carbocycles. The van der Waals surface area contributed by atoms with Gasteiger partial charge in [-0.2, -0.15) is 0 Å². The summed E-state index contributed by atoms with van der Waals surface area (Å²) in [6.45, 7) is 0.770. The van der Waals surface area contributed by atoms with Crippen LogP contribution in [-0.2, 0) is 20.7 Å². The van der Waals surface area contributed by atoms with Crippen molar-refractivity contribution in [2.45, 2.75) is 25.4 Å². The van der Waals surface area contributed by atoms with E-state index in [1.54, 1.807) is 0 Å². The maximum atomic E-state index is 11.7. The minimum atomic E-state index is -0.917. The van der Waals surface area contributed by atoms with Gasteiger partial charge in [-0.25, -0.2) is 0 Å². The quantitative estimate of drug-likeness (QED) is 0.839. The predicted molar refractivity (Wildman–Crippen MR) is 68.7 cm³/mol. The number of aliphatic carboxylic acids is 1. The van der Waals surface area contributed by atoms with Crippen LogP contribution in [0.4, 0.5) is 0 Å². The van der Waals surface area contributed by atoms with Crippen molar-refractivity contribution in [3.8, 4) is 0 Å². The fourth-order valence-corrected chi connectivity index (χ4v) is 2.20. The van der Waals surface area contributed by atoms with Crippen LogP contribution in [0.2, 0.25) is 0 Å². The van der Waals surface area contributed by atoms with Crippen molar-refractivity contribution in [1.29, 1.82) is 0 Å². The van der Waals surface area contributed by atoms with Crippen LogP contribution in [0.25, 0.3) is 0 Å². The minimum Gasteiger partial charge on any atom is -0.481 e. The monoisotopic (exact) mass is 263 g/mol. The van der Waals surface area contributed by atoms with Gasteiger partial charge in [0.2, 0.25) is 5.91 Å². The van der Waals surface area contributed by atoms with Crippen molar-refractivity contribution < 1.29 is 19.4 Å². The zero-order chi connectivity index (χ0) is 13.7. The average Bonchev–Trinajstić information content (AvgIpc) is 2.39. The number of nitrogens with one attached hydrogen (secondary N) is 1. The zero-order valence-corrected chi connectivity index (χ0v) is 10.6. The molecule has 0 saturated carbocycles. The average molecular weight is 263 g/mol. The molecule has 2 N–H and O–H groups in total. The van der Waals surface area contributed by atoms with Crippen LogP contribution in [-0.4, -0.2) is 30.1 Å². The lowest BCUT2D eigenvalue weighted by Crippen LogP contribution is -2.29. The summed E-state index contributed by atoms with van der Waals surface area (Å²) in [5.41, 5.74) is 2.28. The number of ether oxygens (including phenoxy) is 1. The molecule has 102 valence electrons. The number of hydrogen-bond donors (Lipinski definition) is 2. The normalized spacial score (nSPS) is 17.6. The maximum Gasteiger partial charge on any atom is 0.305 e. The van der Waals surface area contributed by atoms with E-state index in [0.29, 0.717) is 6.61 Å². The summed E-state index contributed by atoms with van der Waals surface area (Å²) >= 11 is 0. The Kier molecular flexibility index (Phi) is 4.52. The molecule has 0 fully saturated rings. The van der Waals surface area contributed by atoms with E-state index in [-0.39, 0.29) is 31.4 Å². The molecule has 0 aromatic heterocycles. The van der Waals surface area contributed by atoms with Gasteiger partial charge in [0.15, 0.2) is 0 Å². The Morgan fingerprint density at radius 1 is 1.37 bits per heavy atom. The van der Waals surface area contributed by atoms with Crippen LogP contribution in [0, 0.1) is 0 Å². The molecular weight excluding hydrogens is 246 g/mol. The second-order valence-electron chi connectivity index (χ2n) is 4.51. The molecule has 0 spiro atoms. The summed E-state index contributed by atoms with van der Waals surface area (Å²) in [4.78, 5) is 22.1. The Bertz CT molecular complexity index is 472. The fourth-order valence-electron chi connectivity index (χ4n) is 2.20. The summed E-state index contributed by atoms with van der Waals surface area (Å²) < 4.78 is 5.63. The number of benzene rings is 1. The van der Waals surface area contributed by atoms with Crippen LogP contribution in [0.1, 0.15) is 30.1 Å². The summed E-state index contributed by atoms with van der Waals surface area (Å²) in [6, 6.07) is 7.94. The van der Waals surface area contributed by atoms with Crippen molar-refractivity contribution in [3.63, 3.8) is 0 Å². The molecule has 0 saturated heterocycles. The first kappa shape index (κ1) is 13.5. The van der Waals surface area contributed by atoms with Gasteiger partial charge in [-0.15, -0.1) is 0 Å². The third kappa shape index (κ3) is 3.79. The van der Waals surface area contributed by atoms with Gasteiger partial charge < -0.3 is 15.2 Å². The number of fused-ring (bicyclic) bond motifs is 1. The fraction of sp³-hybridized carbons (Fsp3) is 0.429. The zero-order valence-electron chi connectivity index (χ0n) is 10.6. The Hall–Kier alpha value is -1.88. The number of amides is 1. The summed E-state index contributed by atoms with van der Waals surface area (Å²) in [7, 11) is 0. The predicted octanol–water partition coefficient (Wildman–Crippen LogP) is 1.28. The van der Waals surface area contributed by atoms with E-state index in [1.807, 2.05) is 24.3 Å². The number of hydrogen-bond acceptors (Lipinski definition) is 3. The highest BCUT2D eigenvalue weighted by molar-refractivity contribution is 5.77. The molecule has 2 rings (SSSR count). The van der Waals surface area contributed by atoms with E-state index in [1.165, 1.54) is 5.56 Å². The molecule has 5 nitrogen and oxygen atoms in total. The van der Waals surface area contributed by atoms with Crippen molar-refractivity contribution >= 4 is 11.9 Å². The van der Waals surface area contributed by atoms with Gasteiger partial charge in [0.25, 0.3) is 0 Å². The van der Waals surface area contributed by atoms with Crippen LogP contribution in [0.15, 0.2) is 24.3 Å². The van der Waals surface area contributed by atoms with Crippen LogP contribution >= 0.6 is 0 Å². The number of carbonyl (C=O) groups excluding carboxylic acids is 1. The molecule has 1 aromatic rings. The lowest BCUT2D eigenvalue weighted by molar-refractivity contribution is -0.137. The van der Waals surface area contributed by atoms with Gasteiger partial charge in [-0.1, -0.05) is 24.3 Å². The van der Waals surface area contributed by atoms with Gasteiger partial charge >= 0.3 is 5.97 Å². The van der Waals surface area contributed by atoms with Gasteiger partial charge in [0.1, 0.15) is 0 Å². The molecule has 5 heteroatoms. The third-order valence-electron chi connectivity index (χ3n) is 3.12. The van der Waals surface area contributed by atoms with Crippen LogP contribution in [0.5, 0.6) is 0 Å². The van der Waals surface area contributed by atoms with Crippen molar-refractivity contribution in [3.05, 3.63) is 35.4 Å². The molecule has 1 heterocycles. The van der Waals surface area contributed by atoms with E-state index in [0.717, 1.165) is 12.0 Å². The van der Waals surface area contributed by atoms with Crippen LogP contribution in [0.3, 0.4) is 0 Å². The van der Waals surface area contributed by atoms with Gasteiger partial charge in [-0.3, -0.25) is 9.59 Å². The smallest absolute Gasteiger partial charge is 0.305 e. The third-order valence-corrected chi connectivity index (χ3v) is 3.12. The van der Waals surface area contributed by atoms with Gasteiger partial charge in [-0.05, 0) is 17.5 Å². The molecule has 0 bridgehead atoms. The van der Waals surface area contributed by atoms with Crippen molar-refractivity contribution in [2.75, 3.05) is 13.2 Å². The van der Waals surface area contributed by atoms with E-state index in [9.17, 15) is 9.59 Å². The van der Waals surface area contributed by atoms with Gasteiger partial charge in [0.05, 0.1) is 25.6 Å². The number of carbonyl (C=O) groups is 2. The Labute approximate surface area is 111 Å². The topological polar surface area (TPSA) is 75.6 Å². The molecule has 1 unspecified atom stereocenters. The highest BCUT2D eigenvalue weighted by Crippen LogP contribution is 2.29. The molecule has 1 aliphatic rings. The molecular formula is C14H17NO4. The lowest BCUT2D eigenvalue weighted by atomic mass is 9.95. The Morgan fingerprint density at radius 2 is 2.16 bits per heavy atom. The Morgan fingerprint density at radius 3 is 2.95 bits per heavy atom. The minimum absolute atomic E-state index is 0.0617. The second kappa shape index (κ2) is 6.33. The SMILES string of the molecule is O=C(O)CCNC(=O)CC1OCCc2ccccc21. The number of rotatable bonds is 5. The molecule has 0 radical (unpaired) electrons. The first-order chi connectivity index (χ1) is 9.16. The highest BCUT2D eigenvalue weighted by atomic mass is 16.5. The largest absolute Gasteiger partial charge is 0.481 e. The highest BCUT2D eigenvalue weighted by Gasteiger charge is 2.22. The van der Waals surface area contributed by atoms with Crippen molar-refractivity contribution in [1.82, 2.24) is 5.32 Å². The molecule has 1 aliphatic heterocycles. The second-order valence-corrected chi connectivity index (χ2v) is 4.51. The number of carboxylic acids is 1. The summed E-state index contributed by atoms with van der Waals surface area (Å²) in [5.74, 6) is -1.09. The molecule has 1 amide bonds. The maximum absolute atomic E-state index is 11.7. The van der Waals surface area contributed by atoms with Crippen molar-refractivity contribution in [2.24, 2.45) is 0 Å². The molecule has 0 aliphatic carbocycles. The van der Waals surface area contributed by atoms with E-state index >= 15 is 0 Å². The summed E-state index contributed by atoms with van der Waals surface area (Å²) in [6.07, 6.45) is 0.812. The lowest BCUT2D eigenvalue weighted by Gasteiger charge is -2.25. The summed E-state index contributed by atoms with van der Waals surface area (Å²) in [5, 5.41) is 11.1. The Balaban J connectivity index is 1.90. The number of carboxylic acid groups (broad SMARTS) is 1. The van der Waals surface area contributed by atoms with E-state index in [2.05, 4.69) is 5.32 Å².